The molecule has 1 aliphatic carbocycles. The molecule has 3 aromatic rings. The van der Waals surface area contributed by atoms with Crippen molar-refractivity contribution in [3.05, 3.63) is 53.7 Å². The normalized spacial score (nSPS) is 19.0. The molecule has 0 radical (unpaired) electrons. The highest BCUT2D eigenvalue weighted by molar-refractivity contribution is 5.97. The van der Waals surface area contributed by atoms with Crippen LogP contribution >= 0.6 is 12.4 Å². The zero-order valence-corrected chi connectivity index (χ0v) is 17.2. The van der Waals surface area contributed by atoms with E-state index < -0.39 is 5.95 Å². The largest absolute Gasteiger partial charge is 0.369 e. The molecule has 2 N–H and O–H groups in total. The second kappa shape index (κ2) is 8.25. The summed E-state index contributed by atoms with van der Waals surface area (Å²) in [7, 11) is 0. The Hall–Kier alpha value is -2.24. The Morgan fingerprint density at radius 1 is 1.03 bits per heavy atom. The summed E-state index contributed by atoms with van der Waals surface area (Å²) in [5, 5.41) is 1.16. The van der Waals surface area contributed by atoms with Gasteiger partial charge < -0.3 is 10.6 Å². The molecule has 0 amide bonds. The highest BCUT2D eigenvalue weighted by atomic mass is 35.5. The van der Waals surface area contributed by atoms with Crippen LogP contribution in [0.15, 0.2) is 36.5 Å². The second-order valence-electron chi connectivity index (χ2n) is 8.04. The monoisotopic (exact) mass is 412 g/mol. The molecule has 2 aliphatic rings. The highest BCUT2D eigenvalue weighted by Crippen LogP contribution is 2.38. The predicted molar refractivity (Wildman–Crippen MR) is 118 cm³/mol. The summed E-state index contributed by atoms with van der Waals surface area (Å²) < 4.78 is 13.7. The number of hydrogen-bond acceptors (Lipinski definition) is 4. The van der Waals surface area contributed by atoms with Gasteiger partial charge in [-0.3, -0.25) is 4.98 Å². The van der Waals surface area contributed by atoms with E-state index in [0.717, 1.165) is 54.4 Å². The lowest BCUT2D eigenvalue weighted by molar-refractivity contribution is 0.584. The van der Waals surface area contributed by atoms with E-state index in [9.17, 15) is 4.39 Å². The van der Waals surface area contributed by atoms with E-state index in [0.29, 0.717) is 0 Å². The Balaban J connectivity index is 0.00000205. The second-order valence-corrected chi connectivity index (χ2v) is 8.04. The summed E-state index contributed by atoms with van der Waals surface area (Å²) in [6.07, 6.45) is 8.34. The Labute approximate surface area is 176 Å². The van der Waals surface area contributed by atoms with Gasteiger partial charge in [0, 0.05) is 42.5 Å². The third-order valence-corrected chi connectivity index (χ3v) is 6.08. The van der Waals surface area contributed by atoms with Crippen molar-refractivity contribution in [1.82, 2.24) is 9.97 Å². The maximum Gasteiger partial charge on any atom is 0.213 e. The Morgan fingerprint density at radius 3 is 2.66 bits per heavy atom. The molecule has 29 heavy (non-hydrogen) atoms. The van der Waals surface area contributed by atoms with Crippen molar-refractivity contribution in [1.29, 1.82) is 0 Å². The van der Waals surface area contributed by atoms with Crippen molar-refractivity contribution >= 4 is 29.0 Å². The lowest BCUT2D eigenvalue weighted by Gasteiger charge is -2.25. The van der Waals surface area contributed by atoms with Gasteiger partial charge in [0.05, 0.1) is 11.2 Å². The molecule has 0 saturated carbocycles. The molecule has 2 aromatic heterocycles. The minimum absolute atomic E-state index is 0. The number of anilines is 1. The topological polar surface area (TPSA) is 55.0 Å². The number of nitrogens with two attached hydrogens (primary N) is 1. The first-order valence-corrected chi connectivity index (χ1v) is 10.3. The summed E-state index contributed by atoms with van der Waals surface area (Å²) in [6.45, 7) is 1.88. The minimum atomic E-state index is -0.455. The molecule has 4 nitrogen and oxygen atoms in total. The van der Waals surface area contributed by atoms with Crippen LogP contribution in [0.25, 0.3) is 22.0 Å². The molecular formula is C23H26ClFN4. The van der Waals surface area contributed by atoms with Crippen LogP contribution in [0.4, 0.5) is 10.1 Å². The van der Waals surface area contributed by atoms with Gasteiger partial charge in [-0.2, -0.15) is 4.39 Å². The van der Waals surface area contributed by atoms with Crippen LogP contribution < -0.4 is 10.6 Å². The van der Waals surface area contributed by atoms with Crippen molar-refractivity contribution in [2.75, 3.05) is 18.0 Å². The smallest absolute Gasteiger partial charge is 0.213 e. The number of aromatic nitrogens is 2. The van der Waals surface area contributed by atoms with Crippen LogP contribution in [0.3, 0.4) is 0 Å². The average Bonchev–Trinajstić information content (AvgIpc) is 2.99. The summed E-state index contributed by atoms with van der Waals surface area (Å²) in [6, 6.07) is 9.85. The van der Waals surface area contributed by atoms with Crippen molar-refractivity contribution in [2.24, 2.45) is 5.73 Å². The molecule has 1 aromatic carbocycles. The summed E-state index contributed by atoms with van der Waals surface area (Å²) in [5.74, 6) is -0.455. The molecule has 1 unspecified atom stereocenters. The Bertz CT molecular complexity index is 1040. The summed E-state index contributed by atoms with van der Waals surface area (Å²) >= 11 is 0. The van der Waals surface area contributed by atoms with Crippen LogP contribution in [0.1, 0.15) is 36.9 Å². The standard InChI is InChI=1S/C23H25FN4.ClH/c24-22-13-16(8-10-26-22)15-6-7-21-19(12-15)23(28-11-9-17(25)14-28)18-4-2-1-3-5-20(18)27-21;/h6-8,10,12-13,17H,1-5,9,11,14,25H2;1H. The molecule has 0 bridgehead atoms. The maximum atomic E-state index is 13.7. The molecule has 3 heterocycles. The van der Waals surface area contributed by atoms with E-state index in [1.807, 2.05) is 12.1 Å². The van der Waals surface area contributed by atoms with E-state index in [4.69, 9.17) is 10.7 Å². The average molecular weight is 413 g/mol. The molecular weight excluding hydrogens is 387 g/mol. The van der Waals surface area contributed by atoms with Gasteiger partial charge in [0.25, 0.3) is 0 Å². The fourth-order valence-corrected chi connectivity index (χ4v) is 4.69. The lowest BCUT2D eigenvalue weighted by atomic mass is 9.98. The fourth-order valence-electron chi connectivity index (χ4n) is 4.69. The number of benzene rings is 1. The molecule has 1 saturated heterocycles. The van der Waals surface area contributed by atoms with Gasteiger partial charge in [-0.25, -0.2) is 4.98 Å². The molecule has 152 valence electrons. The summed E-state index contributed by atoms with van der Waals surface area (Å²) in [5.41, 5.74) is 13.1. The van der Waals surface area contributed by atoms with Gasteiger partial charge in [0.2, 0.25) is 5.95 Å². The van der Waals surface area contributed by atoms with Gasteiger partial charge in [-0.05, 0) is 67.0 Å². The van der Waals surface area contributed by atoms with Gasteiger partial charge in [-0.15, -0.1) is 12.4 Å². The van der Waals surface area contributed by atoms with Crippen molar-refractivity contribution < 1.29 is 4.39 Å². The molecule has 1 atom stereocenters. The summed E-state index contributed by atoms with van der Waals surface area (Å²) in [4.78, 5) is 11.2. The van der Waals surface area contributed by atoms with E-state index in [-0.39, 0.29) is 18.4 Å². The predicted octanol–water partition coefficient (Wildman–Crippen LogP) is 4.66. The Kier molecular flexibility index (Phi) is 5.70. The molecule has 6 heteroatoms. The van der Waals surface area contributed by atoms with Crippen LogP contribution in [0, 0.1) is 5.95 Å². The number of fused-ring (bicyclic) bond motifs is 2. The SMILES string of the molecule is Cl.NC1CCN(c2c3c(nc4ccc(-c5ccnc(F)c5)cc24)CCCCC3)C1. The third kappa shape index (κ3) is 3.81. The fraction of sp³-hybridized carbons (Fsp3) is 0.391. The highest BCUT2D eigenvalue weighted by Gasteiger charge is 2.26. The molecule has 1 fully saturated rings. The first kappa shape index (κ1) is 20.0. The van der Waals surface area contributed by atoms with Crippen LogP contribution in [-0.2, 0) is 12.8 Å². The number of hydrogen-bond donors (Lipinski definition) is 1. The van der Waals surface area contributed by atoms with Gasteiger partial charge in [0.15, 0.2) is 0 Å². The zero-order valence-electron chi connectivity index (χ0n) is 16.4. The molecule has 1 aliphatic heterocycles. The van der Waals surface area contributed by atoms with Crippen LogP contribution in [0.5, 0.6) is 0 Å². The van der Waals surface area contributed by atoms with Gasteiger partial charge in [-0.1, -0.05) is 12.5 Å². The first-order valence-electron chi connectivity index (χ1n) is 10.3. The lowest BCUT2D eigenvalue weighted by Crippen LogP contribution is -2.27. The maximum absolute atomic E-state index is 13.7. The van der Waals surface area contributed by atoms with Crippen molar-refractivity contribution in [3.63, 3.8) is 0 Å². The van der Waals surface area contributed by atoms with Crippen molar-refractivity contribution in [2.45, 2.75) is 44.6 Å². The van der Waals surface area contributed by atoms with E-state index in [1.54, 1.807) is 0 Å². The van der Waals surface area contributed by atoms with Crippen molar-refractivity contribution in [3.8, 4) is 11.1 Å². The van der Waals surface area contributed by atoms with Gasteiger partial charge in [0.1, 0.15) is 0 Å². The van der Waals surface area contributed by atoms with E-state index in [2.05, 4.69) is 22.0 Å². The number of rotatable bonds is 2. The van der Waals surface area contributed by atoms with Crippen LogP contribution in [0.2, 0.25) is 0 Å². The molecule has 0 spiro atoms. The molecule has 5 rings (SSSR count). The Morgan fingerprint density at radius 2 is 1.86 bits per heavy atom. The van der Waals surface area contributed by atoms with Gasteiger partial charge >= 0.3 is 0 Å². The third-order valence-electron chi connectivity index (χ3n) is 6.08. The number of nitrogens with zero attached hydrogens (tertiary/aromatic N) is 3. The quantitative estimate of drug-likeness (QED) is 0.491. The number of aryl methyl sites for hydroxylation is 1. The number of halogens is 2. The number of pyridine rings is 2. The van der Waals surface area contributed by atoms with E-state index in [1.165, 1.54) is 48.5 Å². The minimum Gasteiger partial charge on any atom is -0.369 e. The van der Waals surface area contributed by atoms with Crippen LogP contribution in [-0.4, -0.2) is 29.1 Å². The zero-order chi connectivity index (χ0) is 19.1. The first-order chi connectivity index (χ1) is 13.7. The van der Waals surface area contributed by atoms with E-state index >= 15 is 0 Å².